The van der Waals surface area contributed by atoms with E-state index in [9.17, 15) is 9.90 Å². The van der Waals surface area contributed by atoms with Crippen LogP contribution in [0.25, 0.3) is 0 Å². The molecule has 1 aliphatic carbocycles. The molecule has 2 nitrogen and oxygen atoms in total. The van der Waals surface area contributed by atoms with Crippen molar-refractivity contribution in [2.75, 3.05) is 0 Å². The summed E-state index contributed by atoms with van der Waals surface area (Å²) in [5.74, 6) is -0.647. The SMILES string of the molecule is Cc1cc(C2(C(=O)O)CCCC2)c(C)c(C)c1C. The Labute approximate surface area is 109 Å². The minimum absolute atomic E-state index is 0.632. The molecule has 2 rings (SSSR count). The Morgan fingerprint density at radius 2 is 1.61 bits per heavy atom. The summed E-state index contributed by atoms with van der Waals surface area (Å²) in [5.41, 5.74) is 5.33. The summed E-state index contributed by atoms with van der Waals surface area (Å²) in [7, 11) is 0. The molecule has 1 saturated carbocycles. The standard InChI is InChI=1S/C16H22O2/c1-10-9-14(13(4)12(3)11(10)2)16(15(17)18)7-5-6-8-16/h9H,5-8H2,1-4H3,(H,17,18). The molecule has 1 aromatic rings. The highest BCUT2D eigenvalue weighted by Crippen LogP contribution is 2.44. The van der Waals surface area contributed by atoms with Gasteiger partial charge in [0.05, 0.1) is 5.41 Å². The van der Waals surface area contributed by atoms with Gasteiger partial charge in [0.25, 0.3) is 0 Å². The third-order valence-electron chi connectivity index (χ3n) is 4.86. The van der Waals surface area contributed by atoms with Gasteiger partial charge in [-0.15, -0.1) is 0 Å². The number of benzene rings is 1. The first kappa shape index (κ1) is 13.1. The predicted octanol–water partition coefficient (Wildman–Crippen LogP) is 3.82. The van der Waals surface area contributed by atoms with Crippen molar-refractivity contribution in [3.05, 3.63) is 33.9 Å². The zero-order valence-electron chi connectivity index (χ0n) is 11.8. The van der Waals surface area contributed by atoms with Crippen LogP contribution in [0.5, 0.6) is 0 Å². The van der Waals surface area contributed by atoms with Gasteiger partial charge < -0.3 is 5.11 Å². The summed E-state index contributed by atoms with van der Waals surface area (Å²) in [4.78, 5) is 11.8. The summed E-state index contributed by atoms with van der Waals surface area (Å²) in [6, 6.07) is 2.11. The quantitative estimate of drug-likeness (QED) is 0.861. The van der Waals surface area contributed by atoms with Crippen LogP contribution in [0.3, 0.4) is 0 Å². The summed E-state index contributed by atoms with van der Waals surface area (Å²) < 4.78 is 0. The first-order valence-corrected chi connectivity index (χ1v) is 6.71. The monoisotopic (exact) mass is 246 g/mol. The Hall–Kier alpha value is -1.31. The number of carboxylic acids is 1. The molecule has 0 atom stereocenters. The third-order valence-corrected chi connectivity index (χ3v) is 4.86. The number of aliphatic carboxylic acids is 1. The van der Waals surface area contributed by atoms with Crippen LogP contribution in [0.2, 0.25) is 0 Å². The highest BCUT2D eigenvalue weighted by molar-refractivity contribution is 5.82. The molecule has 1 N–H and O–H groups in total. The highest BCUT2D eigenvalue weighted by Gasteiger charge is 2.44. The van der Waals surface area contributed by atoms with Crippen LogP contribution in [0, 0.1) is 27.7 Å². The smallest absolute Gasteiger partial charge is 0.314 e. The lowest BCUT2D eigenvalue weighted by Crippen LogP contribution is -2.33. The Morgan fingerprint density at radius 3 is 2.11 bits per heavy atom. The second-order valence-corrected chi connectivity index (χ2v) is 5.71. The van der Waals surface area contributed by atoms with Gasteiger partial charge in [0.1, 0.15) is 0 Å². The van der Waals surface area contributed by atoms with Crippen LogP contribution in [-0.4, -0.2) is 11.1 Å². The van der Waals surface area contributed by atoms with Crippen molar-refractivity contribution in [2.24, 2.45) is 0 Å². The first-order chi connectivity index (χ1) is 8.40. The molecule has 0 saturated heterocycles. The van der Waals surface area contributed by atoms with Crippen LogP contribution in [-0.2, 0) is 10.2 Å². The van der Waals surface area contributed by atoms with E-state index in [0.29, 0.717) is 0 Å². The van der Waals surface area contributed by atoms with Crippen LogP contribution in [0.1, 0.15) is 53.5 Å². The van der Waals surface area contributed by atoms with E-state index in [2.05, 4.69) is 33.8 Å². The normalized spacial score (nSPS) is 18.0. The van der Waals surface area contributed by atoms with E-state index in [0.717, 1.165) is 31.2 Å². The summed E-state index contributed by atoms with van der Waals surface area (Å²) in [6.07, 6.45) is 3.62. The lowest BCUT2D eigenvalue weighted by atomic mass is 9.74. The van der Waals surface area contributed by atoms with Gasteiger partial charge in [-0.1, -0.05) is 18.9 Å². The van der Waals surface area contributed by atoms with Gasteiger partial charge in [-0.05, 0) is 68.4 Å². The number of rotatable bonds is 2. The van der Waals surface area contributed by atoms with E-state index in [4.69, 9.17) is 0 Å². The molecular weight excluding hydrogens is 224 g/mol. The second kappa shape index (κ2) is 4.42. The van der Waals surface area contributed by atoms with E-state index >= 15 is 0 Å². The Bertz CT molecular complexity index is 494. The molecule has 2 heteroatoms. The van der Waals surface area contributed by atoms with Crippen LogP contribution < -0.4 is 0 Å². The maximum atomic E-state index is 11.8. The number of carbonyl (C=O) groups is 1. The second-order valence-electron chi connectivity index (χ2n) is 5.71. The number of carboxylic acid groups (broad SMARTS) is 1. The molecule has 1 aliphatic rings. The van der Waals surface area contributed by atoms with Crippen LogP contribution in [0.15, 0.2) is 6.07 Å². The lowest BCUT2D eigenvalue weighted by molar-refractivity contribution is -0.143. The maximum Gasteiger partial charge on any atom is 0.314 e. The summed E-state index contributed by atoms with van der Waals surface area (Å²) in [6.45, 7) is 8.37. The average molecular weight is 246 g/mol. The lowest BCUT2D eigenvalue weighted by Gasteiger charge is -2.28. The molecule has 0 aromatic heterocycles. The zero-order valence-corrected chi connectivity index (χ0v) is 11.8. The highest BCUT2D eigenvalue weighted by atomic mass is 16.4. The molecule has 0 amide bonds. The molecule has 0 aliphatic heterocycles. The van der Waals surface area contributed by atoms with Crippen molar-refractivity contribution in [3.8, 4) is 0 Å². The fourth-order valence-corrected chi connectivity index (χ4v) is 3.29. The Morgan fingerprint density at radius 1 is 1.06 bits per heavy atom. The zero-order chi connectivity index (χ0) is 13.5. The van der Waals surface area contributed by atoms with Gasteiger partial charge in [-0.3, -0.25) is 4.79 Å². The molecule has 0 radical (unpaired) electrons. The van der Waals surface area contributed by atoms with Crippen LogP contribution in [0.4, 0.5) is 0 Å². The summed E-state index contributed by atoms with van der Waals surface area (Å²) >= 11 is 0. The molecule has 1 aromatic carbocycles. The predicted molar refractivity (Wildman–Crippen MR) is 73.2 cm³/mol. The van der Waals surface area contributed by atoms with Gasteiger partial charge in [-0.2, -0.15) is 0 Å². The van der Waals surface area contributed by atoms with Crippen molar-refractivity contribution in [2.45, 2.75) is 58.8 Å². The molecule has 18 heavy (non-hydrogen) atoms. The number of aryl methyl sites for hydroxylation is 1. The fourth-order valence-electron chi connectivity index (χ4n) is 3.29. The fraction of sp³-hybridized carbons (Fsp3) is 0.562. The van der Waals surface area contributed by atoms with Gasteiger partial charge >= 0.3 is 5.97 Å². The van der Waals surface area contributed by atoms with E-state index in [1.54, 1.807) is 0 Å². The molecule has 0 unspecified atom stereocenters. The Balaban J connectivity index is 2.67. The van der Waals surface area contributed by atoms with E-state index in [1.807, 2.05) is 0 Å². The third kappa shape index (κ3) is 1.75. The molecule has 1 fully saturated rings. The van der Waals surface area contributed by atoms with Crippen molar-refractivity contribution in [1.29, 1.82) is 0 Å². The molecule has 98 valence electrons. The van der Waals surface area contributed by atoms with Gasteiger partial charge in [-0.25, -0.2) is 0 Å². The topological polar surface area (TPSA) is 37.3 Å². The van der Waals surface area contributed by atoms with Crippen LogP contribution >= 0.6 is 0 Å². The first-order valence-electron chi connectivity index (χ1n) is 6.71. The molecular formula is C16H22O2. The number of hydrogen-bond acceptors (Lipinski definition) is 1. The van der Waals surface area contributed by atoms with Gasteiger partial charge in [0.2, 0.25) is 0 Å². The minimum atomic E-state index is -0.647. The average Bonchev–Trinajstić information content (AvgIpc) is 2.81. The van der Waals surface area contributed by atoms with E-state index < -0.39 is 11.4 Å². The molecule has 0 heterocycles. The molecule has 0 bridgehead atoms. The van der Waals surface area contributed by atoms with Gasteiger partial charge in [0, 0.05) is 0 Å². The maximum absolute atomic E-state index is 11.8. The van der Waals surface area contributed by atoms with Gasteiger partial charge in [0.15, 0.2) is 0 Å². The van der Waals surface area contributed by atoms with E-state index in [-0.39, 0.29) is 0 Å². The van der Waals surface area contributed by atoms with E-state index in [1.165, 1.54) is 22.3 Å². The molecule has 0 spiro atoms. The number of hydrogen-bond donors (Lipinski definition) is 1. The van der Waals surface area contributed by atoms with Crippen molar-refractivity contribution in [1.82, 2.24) is 0 Å². The minimum Gasteiger partial charge on any atom is -0.481 e. The van der Waals surface area contributed by atoms with Crippen molar-refractivity contribution < 1.29 is 9.90 Å². The largest absolute Gasteiger partial charge is 0.481 e. The van der Waals surface area contributed by atoms with Crippen molar-refractivity contribution >= 4 is 5.97 Å². The summed E-state index contributed by atoms with van der Waals surface area (Å²) in [5, 5.41) is 9.69. The Kier molecular flexibility index (Phi) is 3.22. The van der Waals surface area contributed by atoms with Crippen molar-refractivity contribution in [3.63, 3.8) is 0 Å².